The van der Waals surface area contributed by atoms with Gasteiger partial charge in [-0.05, 0) is 70.6 Å². The molecule has 0 aromatic heterocycles. The largest absolute Gasteiger partial charge is 0.0762 e. The van der Waals surface area contributed by atoms with E-state index in [9.17, 15) is 0 Å². The summed E-state index contributed by atoms with van der Waals surface area (Å²) in [4.78, 5) is 0. The molecule has 18 heavy (non-hydrogen) atoms. The first-order chi connectivity index (χ1) is 8.47. The van der Waals surface area contributed by atoms with Gasteiger partial charge in [-0.15, -0.1) is 0 Å². The molecule has 2 fully saturated rings. The number of allylic oxidation sites excluding steroid dienone is 4. The van der Waals surface area contributed by atoms with Crippen LogP contribution in [0.3, 0.4) is 0 Å². The standard InChI is InChI=1S/C9H7.C8H8.Rh/c1-2-5-9-7-3-6-8(9)4-1;1-2-4-6-8-7-5-3-1;/h1-7H;1-8H;. The smallest absolute Gasteiger partial charge is 0.0124 e. The summed E-state index contributed by atoms with van der Waals surface area (Å²) < 4.78 is 0. The van der Waals surface area contributed by atoms with Crippen LogP contribution < -0.4 is 0 Å². The molecule has 0 heterocycles. The summed E-state index contributed by atoms with van der Waals surface area (Å²) in [5.41, 5.74) is 0. The van der Waals surface area contributed by atoms with Crippen molar-refractivity contribution in [3.05, 3.63) is 107 Å². The Morgan fingerprint density at radius 3 is 1.11 bits per heavy atom. The Balaban J connectivity index is 0.000000172. The van der Waals surface area contributed by atoms with Gasteiger partial charge in [0.05, 0.1) is 0 Å². The van der Waals surface area contributed by atoms with Crippen LogP contribution in [0.15, 0.2) is 24.3 Å². The summed E-state index contributed by atoms with van der Waals surface area (Å²) in [6.45, 7) is 0. The normalized spacial score (nSPS) is 24.2. The fourth-order valence-corrected chi connectivity index (χ4v) is 1.58. The molecular weight excluding hydrogens is 307 g/mol. The number of fused-ring (bicyclic) bond motifs is 1. The van der Waals surface area contributed by atoms with Gasteiger partial charge in [0, 0.05) is 31.3 Å². The summed E-state index contributed by atoms with van der Waals surface area (Å²) in [6, 6.07) is 0. The molecule has 3 aliphatic carbocycles. The molecule has 0 N–H and O–H groups in total. The monoisotopic (exact) mass is 322 g/mol. The molecule has 0 nitrogen and oxygen atoms in total. The van der Waals surface area contributed by atoms with Crippen molar-refractivity contribution in [3.8, 4) is 0 Å². The minimum absolute atomic E-state index is 0. The van der Waals surface area contributed by atoms with Crippen LogP contribution in [-0.2, 0) is 19.5 Å². The van der Waals surface area contributed by atoms with E-state index in [4.69, 9.17) is 0 Å². The molecule has 0 unspecified atom stereocenters. The molecule has 0 aliphatic heterocycles. The van der Waals surface area contributed by atoms with Gasteiger partial charge in [0.25, 0.3) is 0 Å². The molecule has 3 rings (SSSR count). The van der Waals surface area contributed by atoms with Crippen molar-refractivity contribution in [2.45, 2.75) is 0 Å². The van der Waals surface area contributed by atoms with Crippen molar-refractivity contribution in [2.75, 3.05) is 0 Å². The Kier molecular flexibility index (Phi) is 8.94. The average Bonchev–Trinajstić information content (AvgIpc) is 2.76. The molecule has 0 bridgehead atoms. The maximum absolute atomic E-state index is 2.12. The van der Waals surface area contributed by atoms with Gasteiger partial charge in [-0.25, -0.2) is 0 Å². The van der Waals surface area contributed by atoms with Gasteiger partial charge in [-0.3, -0.25) is 0 Å². The van der Waals surface area contributed by atoms with Crippen LogP contribution in [0.1, 0.15) is 0 Å². The minimum Gasteiger partial charge on any atom is -0.0762 e. The SMILES string of the molecule is [CH]1[CH][CH][CH][CH][CH][CH][CH]1.[CH]1[CH][C]2C=CC=C[C]2[CH]1.[Rh]. The second kappa shape index (κ2) is 9.96. The van der Waals surface area contributed by atoms with Crippen LogP contribution in [0.5, 0.6) is 0 Å². The summed E-state index contributed by atoms with van der Waals surface area (Å²) in [5, 5.41) is 0. The Labute approximate surface area is 126 Å². The van der Waals surface area contributed by atoms with Crippen molar-refractivity contribution in [3.63, 3.8) is 0 Å². The second-order valence-corrected chi connectivity index (χ2v) is 3.69. The maximum atomic E-state index is 2.12. The third kappa shape index (κ3) is 5.83. The molecule has 2 saturated carbocycles. The molecule has 3 aliphatic rings. The summed E-state index contributed by atoms with van der Waals surface area (Å²) in [5.74, 6) is 2.66. The van der Waals surface area contributed by atoms with E-state index in [-0.39, 0.29) is 19.5 Å². The third-order valence-corrected chi connectivity index (χ3v) is 2.44. The molecule has 0 atom stereocenters. The number of rotatable bonds is 0. The molecule has 92 valence electrons. The maximum Gasteiger partial charge on any atom is 0.0124 e. The zero-order valence-corrected chi connectivity index (χ0v) is 11.6. The molecule has 0 aromatic rings. The summed E-state index contributed by atoms with van der Waals surface area (Å²) in [6.07, 6.45) is 30.7. The Morgan fingerprint density at radius 2 is 0.778 bits per heavy atom. The van der Waals surface area contributed by atoms with Crippen LogP contribution in [0.2, 0.25) is 0 Å². The zero-order valence-electron chi connectivity index (χ0n) is 9.99. The van der Waals surface area contributed by atoms with Gasteiger partial charge < -0.3 is 0 Å². The topological polar surface area (TPSA) is 0 Å². The molecule has 0 spiro atoms. The Morgan fingerprint density at radius 1 is 0.444 bits per heavy atom. The van der Waals surface area contributed by atoms with E-state index in [0.29, 0.717) is 0 Å². The molecule has 0 aromatic carbocycles. The van der Waals surface area contributed by atoms with E-state index < -0.39 is 0 Å². The van der Waals surface area contributed by atoms with Crippen LogP contribution in [0.25, 0.3) is 0 Å². The van der Waals surface area contributed by atoms with E-state index in [1.165, 1.54) is 11.8 Å². The van der Waals surface area contributed by atoms with Crippen LogP contribution >= 0.6 is 0 Å². The van der Waals surface area contributed by atoms with Gasteiger partial charge in [0.1, 0.15) is 0 Å². The van der Waals surface area contributed by atoms with Crippen molar-refractivity contribution in [1.82, 2.24) is 0 Å². The zero-order chi connectivity index (χ0) is 11.8. The predicted octanol–water partition coefficient (Wildman–Crippen LogP) is 3.52. The summed E-state index contributed by atoms with van der Waals surface area (Å²) in [7, 11) is 0. The fourth-order valence-electron chi connectivity index (χ4n) is 1.58. The first-order valence-electron chi connectivity index (χ1n) is 5.74. The molecule has 14 radical (unpaired) electrons. The van der Waals surface area contributed by atoms with E-state index in [0.717, 1.165) is 0 Å². The van der Waals surface area contributed by atoms with Crippen molar-refractivity contribution >= 4 is 0 Å². The minimum atomic E-state index is 0. The second-order valence-electron chi connectivity index (χ2n) is 3.69. The Hall–Kier alpha value is 0.103. The number of hydrogen-bond donors (Lipinski definition) is 0. The van der Waals surface area contributed by atoms with Gasteiger partial charge in [0.2, 0.25) is 0 Å². The summed E-state index contributed by atoms with van der Waals surface area (Å²) >= 11 is 0. The van der Waals surface area contributed by atoms with Crippen LogP contribution in [-0.4, -0.2) is 0 Å². The van der Waals surface area contributed by atoms with Crippen LogP contribution in [0, 0.1) is 82.5 Å². The third-order valence-electron chi connectivity index (χ3n) is 2.44. The van der Waals surface area contributed by atoms with E-state index in [2.05, 4.69) is 43.6 Å². The molecular formula is C17H15Rh. The number of hydrogen-bond acceptors (Lipinski definition) is 0. The van der Waals surface area contributed by atoms with Gasteiger partial charge >= 0.3 is 0 Å². The van der Waals surface area contributed by atoms with Crippen LogP contribution in [0.4, 0.5) is 0 Å². The molecule has 1 heteroatoms. The fraction of sp³-hybridized carbons (Fsp3) is 0. The van der Waals surface area contributed by atoms with Crippen molar-refractivity contribution in [2.24, 2.45) is 0 Å². The van der Waals surface area contributed by atoms with E-state index in [1.807, 2.05) is 51.4 Å². The Bertz CT molecular complexity index is 212. The van der Waals surface area contributed by atoms with Gasteiger partial charge in [0.15, 0.2) is 0 Å². The predicted molar refractivity (Wildman–Crippen MR) is 72.1 cm³/mol. The molecule has 0 amide bonds. The first-order valence-corrected chi connectivity index (χ1v) is 5.74. The van der Waals surface area contributed by atoms with Crippen molar-refractivity contribution in [1.29, 1.82) is 0 Å². The van der Waals surface area contributed by atoms with Gasteiger partial charge in [-0.2, -0.15) is 0 Å². The van der Waals surface area contributed by atoms with Crippen molar-refractivity contribution < 1.29 is 19.5 Å². The van der Waals surface area contributed by atoms with E-state index >= 15 is 0 Å². The molecule has 0 saturated heterocycles. The first kappa shape index (κ1) is 16.2. The van der Waals surface area contributed by atoms with Gasteiger partial charge in [-0.1, -0.05) is 24.3 Å². The van der Waals surface area contributed by atoms with E-state index in [1.54, 1.807) is 0 Å². The quantitative estimate of drug-likeness (QED) is 0.599. The average molecular weight is 322 g/mol.